The minimum absolute atomic E-state index is 0.0815. The van der Waals surface area contributed by atoms with Gasteiger partial charge in [-0.3, -0.25) is 4.79 Å². The minimum atomic E-state index is -0.898. The van der Waals surface area contributed by atoms with Gasteiger partial charge in [0.15, 0.2) is 12.0 Å². The zero-order valence-electron chi connectivity index (χ0n) is 6.02. The molecule has 0 bridgehead atoms. The maximum absolute atomic E-state index is 10.1. The molecule has 0 aliphatic carbocycles. The summed E-state index contributed by atoms with van der Waals surface area (Å²) in [6.07, 6.45) is -0.397. The largest absolute Gasteiger partial charge is 0.443 e. The van der Waals surface area contributed by atoms with E-state index in [0.29, 0.717) is 12.0 Å². The van der Waals surface area contributed by atoms with Gasteiger partial charge in [-0.25, -0.2) is 4.79 Å². The minimum Gasteiger partial charge on any atom is -0.443 e. The van der Waals surface area contributed by atoms with Crippen molar-refractivity contribution in [3.63, 3.8) is 0 Å². The Morgan fingerprint density at radius 2 is 2.58 bits per heavy atom. The van der Waals surface area contributed by atoms with E-state index in [0.717, 1.165) is 0 Å². The lowest BCUT2D eigenvalue weighted by Gasteiger charge is -1.93. The molecule has 0 atom stereocenters. The van der Waals surface area contributed by atoms with Crippen molar-refractivity contribution in [3.8, 4) is 0 Å². The van der Waals surface area contributed by atoms with Crippen LogP contribution < -0.4 is 5.73 Å². The summed E-state index contributed by atoms with van der Waals surface area (Å²) in [6.45, 7) is -0.0906. The predicted octanol–water partition coefficient (Wildman–Crippen LogP) is 0.0824. The molecule has 0 aliphatic rings. The fraction of sp³-hybridized carbons (Fsp3) is 0.167. The van der Waals surface area contributed by atoms with Crippen molar-refractivity contribution in [2.45, 2.75) is 6.61 Å². The summed E-state index contributed by atoms with van der Waals surface area (Å²) >= 11 is 0. The number of ether oxygens (including phenoxy) is 1. The molecule has 1 aromatic heterocycles. The van der Waals surface area contributed by atoms with E-state index >= 15 is 0 Å². The molecule has 0 saturated carbocycles. The van der Waals surface area contributed by atoms with Crippen LogP contribution in [0.4, 0.5) is 4.79 Å². The average molecular weight is 170 g/mol. The number of hydrogen-bond acceptors (Lipinski definition) is 5. The number of hydrogen-bond donors (Lipinski definition) is 1. The van der Waals surface area contributed by atoms with Crippen LogP contribution in [0.5, 0.6) is 0 Å². The summed E-state index contributed by atoms with van der Waals surface area (Å²) in [5.74, 6) is 0.0815. The molecule has 0 radical (unpaired) electrons. The van der Waals surface area contributed by atoms with Gasteiger partial charge in [0.2, 0.25) is 0 Å². The summed E-state index contributed by atoms with van der Waals surface area (Å²) < 4.78 is 8.88. The zero-order valence-corrected chi connectivity index (χ0v) is 6.02. The number of carbonyl (C=O) groups excluding carboxylic acids is 2. The Balaban J connectivity index is 2.52. The third-order valence-corrected chi connectivity index (χ3v) is 1.06. The van der Waals surface area contributed by atoms with Crippen molar-refractivity contribution >= 4 is 12.4 Å². The average Bonchev–Trinajstić information content (AvgIpc) is 2.48. The van der Waals surface area contributed by atoms with Crippen molar-refractivity contribution in [1.29, 1.82) is 0 Å². The van der Waals surface area contributed by atoms with Crippen LogP contribution in [0.3, 0.4) is 0 Å². The Morgan fingerprint density at radius 3 is 3.08 bits per heavy atom. The van der Waals surface area contributed by atoms with E-state index in [1.807, 2.05) is 0 Å². The first-order chi connectivity index (χ1) is 5.72. The zero-order chi connectivity index (χ0) is 8.97. The number of rotatable bonds is 3. The molecular weight excluding hydrogens is 164 g/mol. The van der Waals surface area contributed by atoms with Crippen molar-refractivity contribution in [2.24, 2.45) is 5.73 Å². The summed E-state index contributed by atoms with van der Waals surface area (Å²) in [5, 5.41) is 3.42. The number of nitrogens with zero attached hydrogens (tertiary/aromatic N) is 1. The monoisotopic (exact) mass is 170 g/mol. The normalized spacial score (nSPS) is 9.33. The Morgan fingerprint density at radius 1 is 1.83 bits per heavy atom. The molecule has 0 aromatic carbocycles. The highest BCUT2D eigenvalue weighted by molar-refractivity contribution is 5.70. The van der Waals surface area contributed by atoms with Crippen LogP contribution in [0.15, 0.2) is 10.6 Å². The molecular formula is C6H6N2O4. The van der Waals surface area contributed by atoms with Crippen LogP contribution in [0, 0.1) is 0 Å². The molecule has 0 aliphatic heterocycles. The van der Waals surface area contributed by atoms with Crippen LogP contribution in [-0.2, 0) is 11.3 Å². The second kappa shape index (κ2) is 3.51. The van der Waals surface area contributed by atoms with Crippen LogP contribution in [0.1, 0.15) is 16.2 Å². The first kappa shape index (κ1) is 8.25. The molecule has 0 saturated heterocycles. The second-order valence-electron chi connectivity index (χ2n) is 1.95. The van der Waals surface area contributed by atoms with Crippen molar-refractivity contribution in [2.75, 3.05) is 0 Å². The Labute approximate surface area is 67.3 Å². The predicted molar refractivity (Wildman–Crippen MR) is 36.3 cm³/mol. The molecule has 6 heteroatoms. The number of amides is 1. The maximum atomic E-state index is 10.1. The van der Waals surface area contributed by atoms with Gasteiger partial charge in [-0.05, 0) is 0 Å². The highest BCUT2D eigenvalue weighted by Crippen LogP contribution is 2.01. The van der Waals surface area contributed by atoms with Gasteiger partial charge in [0.05, 0.1) is 0 Å². The van der Waals surface area contributed by atoms with E-state index in [2.05, 4.69) is 14.4 Å². The third-order valence-electron chi connectivity index (χ3n) is 1.06. The molecule has 64 valence electrons. The third kappa shape index (κ3) is 2.08. The molecule has 1 rings (SSSR count). The molecule has 0 spiro atoms. The van der Waals surface area contributed by atoms with Gasteiger partial charge in [-0.1, -0.05) is 5.16 Å². The Hall–Kier alpha value is -1.85. The first-order valence-corrected chi connectivity index (χ1v) is 3.05. The van der Waals surface area contributed by atoms with Gasteiger partial charge in [0.25, 0.3) is 0 Å². The van der Waals surface area contributed by atoms with Gasteiger partial charge in [-0.2, -0.15) is 0 Å². The van der Waals surface area contributed by atoms with Gasteiger partial charge >= 0.3 is 6.09 Å². The van der Waals surface area contributed by atoms with E-state index in [-0.39, 0.29) is 12.4 Å². The van der Waals surface area contributed by atoms with E-state index in [4.69, 9.17) is 5.73 Å². The van der Waals surface area contributed by atoms with Crippen molar-refractivity contribution in [1.82, 2.24) is 5.16 Å². The van der Waals surface area contributed by atoms with Crippen molar-refractivity contribution < 1.29 is 18.8 Å². The number of aldehydes is 1. The second-order valence-corrected chi connectivity index (χ2v) is 1.95. The van der Waals surface area contributed by atoms with Gasteiger partial charge in [0, 0.05) is 6.07 Å². The SMILES string of the molecule is NC(=O)OCc1cc(C=O)on1. The quantitative estimate of drug-likeness (QED) is 0.648. The molecule has 6 nitrogen and oxygen atoms in total. The number of carbonyl (C=O) groups is 2. The Kier molecular flexibility index (Phi) is 2.42. The molecule has 1 amide bonds. The summed E-state index contributed by atoms with van der Waals surface area (Å²) in [4.78, 5) is 20.2. The first-order valence-electron chi connectivity index (χ1n) is 3.05. The van der Waals surface area contributed by atoms with Crippen LogP contribution in [0.2, 0.25) is 0 Å². The van der Waals surface area contributed by atoms with E-state index in [1.165, 1.54) is 6.07 Å². The Bertz CT molecular complexity index is 293. The number of aromatic nitrogens is 1. The standard InChI is InChI=1S/C6H6N2O4/c7-6(10)11-3-4-1-5(2-9)12-8-4/h1-2H,3H2,(H2,7,10). The van der Waals surface area contributed by atoms with Crippen LogP contribution in [0.25, 0.3) is 0 Å². The molecule has 1 aromatic rings. The lowest BCUT2D eigenvalue weighted by molar-refractivity contribution is 0.109. The fourth-order valence-electron chi connectivity index (χ4n) is 0.597. The summed E-state index contributed by atoms with van der Waals surface area (Å²) in [5.41, 5.74) is 5.03. The van der Waals surface area contributed by atoms with Crippen LogP contribution >= 0.6 is 0 Å². The number of primary amides is 1. The smallest absolute Gasteiger partial charge is 0.404 e. The van der Waals surface area contributed by atoms with Crippen LogP contribution in [-0.4, -0.2) is 17.5 Å². The molecule has 1 heterocycles. The highest BCUT2D eigenvalue weighted by Gasteiger charge is 2.03. The summed E-state index contributed by atoms with van der Waals surface area (Å²) in [7, 11) is 0. The van der Waals surface area contributed by atoms with Gasteiger partial charge < -0.3 is 15.0 Å². The number of nitrogens with two attached hydrogens (primary N) is 1. The van der Waals surface area contributed by atoms with E-state index < -0.39 is 6.09 Å². The highest BCUT2D eigenvalue weighted by atomic mass is 16.5. The maximum Gasteiger partial charge on any atom is 0.404 e. The topological polar surface area (TPSA) is 95.4 Å². The van der Waals surface area contributed by atoms with Gasteiger partial charge in [0.1, 0.15) is 12.3 Å². The summed E-state index contributed by atoms with van der Waals surface area (Å²) in [6, 6.07) is 1.36. The molecule has 12 heavy (non-hydrogen) atoms. The molecule has 0 unspecified atom stereocenters. The molecule has 0 fully saturated rings. The lowest BCUT2D eigenvalue weighted by Crippen LogP contribution is -2.12. The molecule has 2 N–H and O–H groups in total. The van der Waals surface area contributed by atoms with E-state index in [9.17, 15) is 9.59 Å². The van der Waals surface area contributed by atoms with Gasteiger partial charge in [-0.15, -0.1) is 0 Å². The lowest BCUT2D eigenvalue weighted by atomic mass is 10.4. The fourth-order valence-corrected chi connectivity index (χ4v) is 0.597. The van der Waals surface area contributed by atoms with Crippen molar-refractivity contribution in [3.05, 3.63) is 17.5 Å². The van der Waals surface area contributed by atoms with E-state index in [1.54, 1.807) is 0 Å².